The Hall–Kier alpha value is -3.15. The molecule has 1 atom stereocenters. The minimum Gasteiger partial charge on any atom is -0.345 e. The van der Waals surface area contributed by atoms with E-state index in [1.54, 1.807) is 17.0 Å². The number of nitrogens with one attached hydrogen (secondary N) is 2. The predicted octanol–water partition coefficient (Wildman–Crippen LogP) is 3.17. The quantitative estimate of drug-likeness (QED) is 0.649. The topological polar surface area (TPSA) is 78.5 Å². The van der Waals surface area contributed by atoms with E-state index in [0.29, 0.717) is 18.7 Å². The molecule has 2 aromatic carbocycles. The van der Waals surface area contributed by atoms with Gasteiger partial charge < -0.3 is 15.5 Å². The lowest BCUT2D eigenvalue weighted by atomic mass is 9.95. The summed E-state index contributed by atoms with van der Waals surface area (Å²) < 4.78 is 0. The molecule has 6 heteroatoms. The molecule has 6 nitrogen and oxygen atoms in total. The first-order valence-electron chi connectivity index (χ1n) is 10.0. The molecule has 0 heterocycles. The number of carbonyl (C=O) groups excluding carboxylic acids is 3. The fourth-order valence-electron chi connectivity index (χ4n) is 3.13. The third-order valence-electron chi connectivity index (χ3n) is 4.55. The van der Waals surface area contributed by atoms with Gasteiger partial charge in [-0.3, -0.25) is 14.4 Å². The first-order chi connectivity index (χ1) is 14.0. The highest BCUT2D eigenvalue weighted by molar-refractivity contribution is 5.95. The molecule has 29 heavy (non-hydrogen) atoms. The van der Waals surface area contributed by atoms with Gasteiger partial charge in [-0.05, 0) is 30.5 Å². The van der Waals surface area contributed by atoms with Gasteiger partial charge in [-0.15, -0.1) is 0 Å². The number of hydrogen-bond acceptors (Lipinski definition) is 3. The van der Waals surface area contributed by atoms with Gasteiger partial charge in [0.1, 0.15) is 0 Å². The van der Waals surface area contributed by atoms with Crippen LogP contribution in [0.25, 0.3) is 0 Å². The summed E-state index contributed by atoms with van der Waals surface area (Å²) in [5, 5.41) is 5.31. The fourth-order valence-corrected chi connectivity index (χ4v) is 3.13. The van der Waals surface area contributed by atoms with E-state index in [-0.39, 0.29) is 36.7 Å². The van der Waals surface area contributed by atoms with E-state index in [9.17, 15) is 14.4 Å². The number of carbonyl (C=O) groups is 3. The van der Waals surface area contributed by atoms with Crippen LogP contribution in [0.1, 0.15) is 38.2 Å². The lowest BCUT2D eigenvalue weighted by molar-refractivity contribution is -0.137. The van der Waals surface area contributed by atoms with Crippen molar-refractivity contribution in [3.05, 3.63) is 66.2 Å². The van der Waals surface area contributed by atoms with Gasteiger partial charge >= 0.3 is 0 Å². The van der Waals surface area contributed by atoms with Crippen molar-refractivity contribution in [1.82, 2.24) is 10.2 Å². The Morgan fingerprint density at radius 3 is 2.10 bits per heavy atom. The van der Waals surface area contributed by atoms with Crippen molar-refractivity contribution >= 4 is 23.4 Å². The van der Waals surface area contributed by atoms with Crippen molar-refractivity contribution in [3.8, 4) is 0 Å². The smallest absolute Gasteiger partial charge is 0.243 e. The average molecular weight is 396 g/mol. The molecule has 0 aliphatic carbocycles. The number of benzene rings is 2. The summed E-state index contributed by atoms with van der Waals surface area (Å²) in [4.78, 5) is 39.0. The van der Waals surface area contributed by atoms with Gasteiger partial charge in [0.05, 0.1) is 19.0 Å². The highest BCUT2D eigenvalue weighted by Gasteiger charge is 2.25. The molecular formula is C23H29N3O3. The Labute approximate surface area is 172 Å². The van der Waals surface area contributed by atoms with E-state index in [0.717, 1.165) is 12.0 Å². The number of hydrogen-bond donors (Lipinski definition) is 2. The summed E-state index contributed by atoms with van der Waals surface area (Å²) >= 11 is 0. The summed E-state index contributed by atoms with van der Waals surface area (Å²) in [7, 11) is 0. The first-order valence-corrected chi connectivity index (χ1v) is 10.0. The molecule has 2 aromatic rings. The van der Waals surface area contributed by atoms with Crippen LogP contribution >= 0.6 is 0 Å². The number of para-hydroxylation sites is 1. The van der Waals surface area contributed by atoms with Crippen molar-refractivity contribution < 1.29 is 14.4 Å². The summed E-state index contributed by atoms with van der Waals surface area (Å²) in [6.45, 7) is 4.22. The van der Waals surface area contributed by atoms with Crippen LogP contribution in [-0.2, 0) is 14.4 Å². The first kappa shape index (κ1) is 22.1. The highest BCUT2D eigenvalue weighted by Crippen LogP contribution is 2.22. The monoisotopic (exact) mass is 395 g/mol. The van der Waals surface area contributed by atoms with E-state index < -0.39 is 0 Å². The second kappa shape index (κ2) is 11.6. The Morgan fingerprint density at radius 2 is 1.52 bits per heavy atom. The number of rotatable bonds is 10. The molecule has 0 aliphatic heterocycles. The molecular weight excluding hydrogens is 366 g/mol. The molecule has 1 unspecified atom stereocenters. The number of anilines is 1. The van der Waals surface area contributed by atoms with Crippen molar-refractivity contribution in [2.24, 2.45) is 0 Å². The average Bonchev–Trinajstić information content (AvgIpc) is 2.74. The van der Waals surface area contributed by atoms with Gasteiger partial charge in [0.25, 0.3) is 0 Å². The molecule has 0 fully saturated rings. The molecule has 0 aliphatic rings. The zero-order chi connectivity index (χ0) is 21.1. The summed E-state index contributed by atoms with van der Waals surface area (Å²) in [5.41, 5.74) is 1.62. The lowest BCUT2D eigenvalue weighted by Crippen LogP contribution is -2.44. The zero-order valence-corrected chi connectivity index (χ0v) is 17.1. The van der Waals surface area contributed by atoms with E-state index in [1.807, 2.05) is 62.4 Å². The largest absolute Gasteiger partial charge is 0.345 e. The van der Waals surface area contributed by atoms with Crippen molar-refractivity contribution in [2.45, 2.75) is 32.6 Å². The maximum absolute atomic E-state index is 13.0. The van der Waals surface area contributed by atoms with Gasteiger partial charge in [-0.2, -0.15) is 0 Å². The minimum absolute atomic E-state index is 0.0609. The molecule has 0 saturated heterocycles. The van der Waals surface area contributed by atoms with E-state index in [2.05, 4.69) is 10.6 Å². The van der Waals surface area contributed by atoms with Crippen LogP contribution in [0.15, 0.2) is 60.7 Å². The van der Waals surface area contributed by atoms with Crippen LogP contribution in [0.3, 0.4) is 0 Å². The third-order valence-corrected chi connectivity index (χ3v) is 4.55. The SMILES string of the molecule is CCCN(CC(=O)NCC(=O)Nc1ccccc1)C(=O)C(CC)c1ccccc1. The Kier molecular flexibility index (Phi) is 8.89. The van der Waals surface area contributed by atoms with Crippen LogP contribution in [0.2, 0.25) is 0 Å². The van der Waals surface area contributed by atoms with Gasteiger partial charge in [0.15, 0.2) is 0 Å². The lowest BCUT2D eigenvalue weighted by Gasteiger charge is -2.26. The summed E-state index contributed by atoms with van der Waals surface area (Å²) in [5.74, 6) is -1.01. The fraction of sp³-hybridized carbons (Fsp3) is 0.348. The van der Waals surface area contributed by atoms with Crippen LogP contribution < -0.4 is 10.6 Å². The zero-order valence-electron chi connectivity index (χ0n) is 17.1. The molecule has 0 saturated carbocycles. The number of amides is 3. The van der Waals surface area contributed by atoms with Crippen molar-refractivity contribution in [2.75, 3.05) is 25.0 Å². The van der Waals surface area contributed by atoms with E-state index in [1.165, 1.54) is 0 Å². The van der Waals surface area contributed by atoms with E-state index >= 15 is 0 Å². The van der Waals surface area contributed by atoms with E-state index in [4.69, 9.17) is 0 Å². The number of nitrogens with zero attached hydrogens (tertiary/aromatic N) is 1. The van der Waals surface area contributed by atoms with Crippen LogP contribution in [-0.4, -0.2) is 42.3 Å². The maximum atomic E-state index is 13.0. The molecule has 0 bridgehead atoms. The third kappa shape index (κ3) is 7.07. The predicted molar refractivity (Wildman–Crippen MR) is 114 cm³/mol. The molecule has 0 spiro atoms. The molecule has 0 aromatic heterocycles. The van der Waals surface area contributed by atoms with Gasteiger partial charge in [0.2, 0.25) is 17.7 Å². The highest BCUT2D eigenvalue weighted by atomic mass is 16.2. The Balaban J connectivity index is 1.92. The van der Waals surface area contributed by atoms with Crippen molar-refractivity contribution in [1.29, 1.82) is 0 Å². The molecule has 3 amide bonds. The van der Waals surface area contributed by atoms with Crippen molar-refractivity contribution in [3.63, 3.8) is 0 Å². The second-order valence-electron chi connectivity index (χ2n) is 6.82. The Bertz CT molecular complexity index is 794. The van der Waals surface area contributed by atoms with Crippen LogP contribution in [0, 0.1) is 0 Å². The molecule has 0 radical (unpaired) electrons. The standard InChI is InChI=1S/C23H29N3O3/c1-3-15-26(23(29)20(4-2)18-11-7-5-8-12-18)17-22(28)24-16-21(27)25-19-13-9-6-10-14-19/h5-14,20H,3-4,15-17H2,1-2H3,(H,24,28)(H,25,27). The van der Waals surface area contributed by atoms with Gasteiger partial charge in [-0.1, -0.05) is 62.4 Å². The van der Waals surface area contributed by atoms with Crippen LogP contribution in [0.5, 0.6) is 0 Å². The Morgan fingerprint density at radius 1 is 0.897 bits per heavy atom. The molecule has 154 valence electrons. The van der Waals surface area contributed by atoms with Gasteiger partial charge in [0, 0.05) is 12.2 Å². The maximum Gasteiger partial charge on any atom is 0.243 e. The molecule has 2 rings (SSSR count). The molecule has 2 N–H and O–H groups in total. The summed E-state index contributed by atoms with van der Waals surface area (Å²) in [6, 6.07) is 18.6. The summed E-state index contributed by atoms with van der Waals surface area (Å²) in [6.07, 6.45) is 1.41. The minimum atomic E-state index is -0.349. The van der Waals surface area contributed by atoms with Gasteiger partial charge in [-0.25, -0.2) is 0 Å². The normalized spacial score (nSPS) is 11.4. The second-order valence-corrected chi connectivity index (χ2v) is 6.82. The van der Waals surface area contributed by atoms with Crippen LogP contribution in [0.4, 0.5) is 5.69 Å².